The third kappa shape index (κ3) is 3.53. The van der Waals surface area contributed by atoms with Crippen LogP contribution >= 0.6 is 0 Å². The highest BCUT2D eigenvalue weighted by Crippen LogP contribution is 2.33. The summed E-state index contributed by atoms with van der Waals surface area (Å²) in [5.41, 5.74) is 3.02. The number of benzene rings is 1. The average Bonchev–Trinajstić information content (AvgIpc) is 3.15. The summed E-state index contributed by atoms with van der Waals surface area (Å²) >= 11 is 0. The van der Waals surface area contributed by atoms with Gasteiger partial charge in [-0.05, 0) is 54.3 Å². The summed E-state index contributed by atoms with van der Waals surface area (Å²) in [6, 6.07) is 7.68. The Morgan fingerprint density at radius 3 is 2.65 bits per heavy atom. The predicted octanol–water partition coefficient (Wildman–Crippen LogP) is 2.06. The molecule has 7 nitrogen and oxygen atoms in total. The van der Waals surface area contributed by atoms with Crippen molar-refractivity contribution in [3.63, 3.8) is 0 Å². The second-order valence-corrected chi connectivity index (χ2v) is 7.15. The quantitative estimate of drug-likeness (QED) is 0.790. The van der Waals surface area contributed by atoms with Crippen molar-refractivity contribution in [3.8, 4) is 0 Å². The number of amides is 1. The van der Waals surface area contributed by atoms with E-state index in [0.717, 1.165) is 50.1 Å². The van der Waals surface area contributed by atoms with E-state index < -0.39 is 0 Å². The van der Waals surface area contributed by atoms with E-state index in [1.165, 1.54) is 5.57 Å². The van der Waals surface area contributed by atoms with Crippen molar-refractivity contribution >= 4 is 5.91 Å². The van der Waals surface area contributed by atoms with E-state index in [9.17, 15) is 4.79 Å². The van der Waals surface area contributed by atoms with Gasteiger partial charge in [0, 0.05) is 18.7 Å². The number of carbonyl (C=O) groups excluding carboxylic acids is 1. The van der Waals surface area contributed by atoms with Crippen molar-refractivity contribution in [1.82, 2.24) is 25.1 Å². The molecule has 1 fully saturated rings. The van der Waals surface area contributed by atoms with Crippen LogP contribution in [0.3, 0.4) is 0 Å². The van der Waals surface area contributed by atoms with Gasteiger partial charge >= 0.3 is 0 Å². The number of ether oxygens (including phenoxy) is 1. The van der Waals surface area contributed by atoms with E-state index in [1.54, 1.807) is 11.0 Å². The van der Waals surface area contributed by atoms with Crippen LogP contribution in [0.4, 0.5) is 0 Å². The lowest BCUT2D eigenvalue weighted by Gasteiger charge is -2.42. The van der Waals surface area contributed by atoms with Crippen molar-refractivity contribution in [2.45, 2.75) is 38.3 Å². The van der Waals surface area contributed by atoms with Crippen LogP contribution in [0.15, 0.2) is 42.2 Å². The van der Waals surface area contributed by atoms with Crippen molar-refractivity contribution in [3.05, 3.63) is 53.4 Å². The summed E-state index contributed by atoms with van der Waals surface area (Å²) in [6.07, 6.45) is 6.60. The van der Waals surface area contributed by atoms with Crippen LogP contribution in [0.2, 0.25) is 0 Å². The molecule has 1 aromatic carbocycles. The largest absolute Gasteiger partial charge is 0.370 e. The molecule has 1 spiro atoms. The van der Waals surface area contributed by atoms with Gasteiger partial charge in [0.2, 0.25) is 0 Å². The van der Waals surface area contributed by atoms with Gasteiger partial charge in [-0.25, -0.2) is 4.68 Å². The third-order valence-corrected chi connectivity index (χ3v) is 5.23. The molecule has 0 unspecified atom stereocenters. The first-order valence-electron chi connectivity index (χ1n) is 9.05. The molecule has 2 aliphatic rings. The van der Waals surface area contributed by atoms with Crippen LogP contribution in [0.25, 0.3) is 0 Å². The van der Waals surface area contributed by atoms with E-state index in [1.807, 2.05) is 29.2 Å². The van der Waals surface area contributed by atoms with Crippen molar-refractivity contribution in [2.24, 2.45) is 0 Å². The summed E-state index contributed by atoms with van der Waals surface area (Å²) in [5, 5.41) is 11.1. The van der Waals surface area contributed by atoms with Crippen LogP contribution in [-0.4, -0.2) is 56.3 Å². The maximum absolute atomic E-state index is 12.8. The van der Waals surface area contributed by atoms with Gasteiger partial charge in [0.1, 0.15) is 6.33 Å². The van der Waals surface area contributed by atoms with Gasteiger partial charge in [-0.1, -0.05) is 23.8 Å². The number of aromatic nitrogens is 4. The molecular formula is C19H23N5O2. The monoisotopic (exact) mass is 353 g/mol. The second kappa shape index (κ2) is 6.99. The molecular weight excluding hydrogens is 330 g/mol. The maximum atomic E-state index is 12.8. The zero-order valence-corrected chi connectivity index (χ0v) is 15.0. The molecule has 3 heterocycles. The van der Waals surface area contributed by atoms with Crippen molar-refractivity contribution in [2.75, 3.05) is 19.7 Å². The van der Waals surface area contributed by atoms with E-state index in [0.29, 0.717) is 6.54 Å². The Balaban J connectivity index is 1.38. The highest BCUT2D eigenvalue weighted by atomic mass is 16.5. The fourth-order valence-electron chi connectivity index (χ4n) is 3.73. The first-order valence-corrected chi connectivity index (χ1v) is 9.05. The number of rotatable bonds is 3. The SMILES string of the molecule is CC1=CC2(CCN(C(=O)c3ccc(Cn4cnnn4)cc3)CC2)OCC1. The highest BCUT2D eigenvalue weighted by molar-refractivity contribution is 5.94. The number of tetrazole rings is 1. The van der Waals surface area contributed by atoms with E-state index in [4.69, 9.17) is 4.74 Å². The lowest BCUT2D eigenvalue weighted by atomic mass is 9.87. The summed E-state index contributed by atoms with van der Waals surface area (Å²) in [4.78, 5) is 14.7. The number of likely N-dealkylation sites (tertiary alicyclic amines) is 1. The lowest BCUT2D eigenvalue weighted by molar-refractivity contribution is -0.0522. The summed E-state index contributed by atoms with van der Waals surface area (Å²) in [6.45, 7) is 5.01. The Morgan fingerprint density at radius 2 is 2.00 bits per heavy atom. The van der Waals surface area contributed by atoms with E-state index in [2.05, 4.69) is 28.5 Å². The van der Waals surface area contributed by atoms with Gasteiger partial charge < -0.3 is 9.64 Å². The van der Waals surface area contributed by atoms with Gasteiger partial charge in [0.25, 0.3) is 5.91 Å². The maximum Gasteiger partial charge on any atom is 0.253 e. The molecule has 0 radical (unpaired) electrons. The first-order chi connectivity index (χ1) is 12.6. The predicted molar refractivity (Wildman–Crippen MR) is 95.6 cm³/mol. The number of piperidine rings is 1. The Kier molecular flexibility index (Phi) is 4.55. The average molecular weight is 353 g/mol. The topological polar surface area (TPSA) is 73.1 Å². The summed E-state index contributed by atoms with van der Waals surface area (Å²) in [5.74, 6) is 0.0883. The van der Waals surface area contributed by atoms with Crippen LogP contribution in [0, 0.1) is 0 Å². The van der Waals surface area contributed by atoms with Crippen molar-refractivity contribution in [1.29, 1.82) is 0 Å². The fraction of sp³-hybridized carbons (Fsp3) is 0.474. The summed E-state index contributed by atoms with van der Waals surface area (Å²) < 4.78 is 7.70. The van der Waals surface area contributed by atoms with Gasteiger partial charge in [-0.2, -0.15) is 0 Å². The normalized spacial score (nSPS) is 19.4. The zero-order valence-electron chi connectivity index (χ0n) is 15.0. The van der Waals surface area contributed by atoms with Gasteiger partial charge in [0.05, 0.1) is 18.8 Å². The molecule has 0 atom stereocenters. The molecule has 26 heavy (non-hydrogen) atoms. The molecule has 1 aromatic heterocycles. The molecule has 0 bridgehead atoms. The van der Waals surface area contributed by atoms with Gasteiger partial charge in [-0.15, -0.1) is 5.10 Å². The Bertz CT molecular complexity index is 790. The minimum Gasteiger partial charge on any atom is -0.370 e. The van der Waals surface area contributed by atoms with E-state index in [-0.39, 0.29) is 11.5 Å². The smallest absolute Gasteiger partial charge is 0.253 e. The molecule has 1 amide bonds. The number of carbonyl (C=O) groups is 1. The molecule has 0 N–H and O–H groups in total. The molecule has 2 aromatic rings. The molecule has 2 aliphatic heterocycles. The summed E-state index contributed by atoms with van der Waals surface area (Å²) in [7, 11) is 0. The molecule has 1 saturated heterocycles. The second-order valence-electron chi connectivity index (χ2n) is 7.15. The first kappa shape index (κ1) is 16.9. The number of hydrogen-bond acceptors (Lipinski definition) is 5. The Hall–Kier alpha value is -2.54. The minimum atomic E-state index is -0.158. The van der Waals surface area contributed by atoms with Crippen LogP contribution < -0.4 is 0 Å². The van der Waals surface area contributed by atoms with Crippen LogP contribution in [0.5, 0.6) is 0 Å². The molecule has 0 aliphatic carbocycles. The van der Waals surface area contributed by atoms with Crippen LogP contribution in [-0.2, 0) is 11.3 Å². The molecule has 7 heteroatoms. The Morgan fingerprint density at radius 1 is 1.23 bits per heavy atom. The number of nitrogens with zero attached hydrogens (tertiary/aromatic N) is 5. The lowest BCUT2D eigenvalue weighted by Crippen LogP contribution is -2.48. The van der Waals surface area contributed by atoms with Gasteiger partial charge in [0.15, 0.2) is 0 Å². The Labute approximate surface area is 152 Å². The van der Waals surface area contributed by atoms with Crippen LogP contribution in [0.1, 0.15) is 42.1 Å². The van der Waals surface area contributed by atoms with Crippen molar-refractivity contribution < 1.29 is 9.53 Å². The molecule has 0 saturated carbocycles. The third-order valence-electron chi connectivity index (χ3n) is 5.23. The van der Waals surface area contributed by atoms with E-state index >= 15 is 0 Å². The minimum absolute atomic E-state index is 0.0883. The number of hydrogen-bond donors (Lipinski definition) is 0. The fourth-order valence-corrected chi connectivity index (χ4v) is 3.73. The molecule has 136 valence electrons. The molecule has 4 rings (SSSR count). The van der Waals surface area contributed by atoms with Gasteiger partial charge in [-0.3, -0.25) is 4.79 Å². The highest BCUT2D eigenvalue weighted by Gasteiger charge is 2.36. The standard InChI is InChI=1S/C19H23N5O2/c1-15-6-11-26-19(12-15)7-9-23(10-8-19)18(25)17-4-2-16(3-5-17)13-24-14-20-21-22-24/h2-5,12,14H,6-11,13H2,1H3. The zero-order chi connectivity index (χ0) is 18.0.